The Balaban J connectivity index is 1.79. The van der Waals surface area contributed by atoms with Crippen molar-refractivity contribution in [3.63, 3.8) is 0 Å². The number of hydrogen-bond donors (Lipinski definition) is 2. The largest absolute Gasteiger partial charge is 0.379 e. The van der Waals surface area contributed by atoms with E-state index in [0.29, 0.717) is 45.7 Å². The first kappa shape index (κ1) is 20.8. The Morgan fingerprint density at radius 1 is 1.12 bits per heavy atom. The maximum atomic E-state index is 12.6. The predicted octanol–water partition coefficient (Wildman–Crippen LogP) is 0.756. The van der Waals surface area contributed by atoms with Gasteiger partial charge in [0.05, 0.1) is 18.1 Å². The summed E-state index contributed by atoms with van der Waals surface area (Å²) in [4.78, 5) is 12.1. The first-order chi connectivity index (χ1) is 12.5. The van der Waals surface area contributed by atoms with Crippen LogP contribution in [0, 0.1) is 0 Å². The van der Waals surface area contributed by atoms with Gasteiger partial charge in [0.25, 0.3) is 0 Å². The fraction of sp³-hybridized carbons (Fsp3) is 0.611. The Bertz CT molecular complexity index is 656. The van der Waals surface area contributed by atoms with Crippen molar-refractivity contribution in [2.24, 2.45) is 0 Å². The third kappa shape index (κ3) is 6.35. The molecule has 1 aromatic carbocycles. The van der Waals surface area contributed by atoms with Gasteiger partial charge in [0, 0.05) is 32.6 Å². The van der Waals surface area contributed by atoms with Crippen LogP contribution in [-0.4, -0.2) is 64.6 Å². The fourth-order valence-electron chi connectivity index (χ4n) is 2.70. The molecule has 0 aliphatic carbocycles. The van der Waals surface area contributed by atoms with Crippen LogP contribution in [0.3, 0.4) is 0 Å². The summed E-state index contributed by atoms with van der Waals surface area (Å²) < 4.78 is 31.8. The highest BCUT2D eigenvalue weighted by molar-refractivity contribution is 7.89. The summed E-state index contributed by atoms with van der Waals surface area (Å²) in [5.41, 5.74) is 0.949. The molecule has 1 fully saturated rings. The molecule has 2 N–H and O–H groups in total. The molecule has 26 heavy (non-hydrogen) atoms. The molecule has 0 atom stereocenters. The summed E-state index contributed by atoms with van der Waals surface area (Å²) in [6.07, 6.45) is 2.06. The quantitative estimate of drug-likeness (QED) is 0.583. The van der Waals surface area contributed by atoms with E-state index in [1.165, 1.54) is 4.31 Å². The SMILES string of the molecule is CCCNCCNC(=O)CCc1ccc(S(=O)(=O)N2CCOCC2)cc1. The predicted molar refractivity (Wildman–Crippen MR) is 101 cm³/mol. The van der Waals surface area contributed by atoms with Gasteiger partial charge < -0.3 is 15.4 Å². The molecule has 0 unspecified atom stereocenters. The Labute approximate surface area is 156 Å². The van der Waals surface area contributed by atoms with Crippen LogP contribution in [0.5, 0.6) is 0 Å². The highest BCUT2D eigenvalue weighted by atomic mass is 32.2. The molecule has 1 amide bonds. The molecule has 8 heteroatoms. The third-order valence-corrected chi connectivity index (χ3v) is 6.14. The van der Waals surface area contributed by atoms with Crippen LogP contribution in [0.15, 0.2) is 29.2 Å². The number of ether oxygens (including phenoxy) is 1. The van der Waals surface area contributed by atoms with Crippen LogP contribution in [0.2, 0.25) is 0 Å². The number of hydrogen-bond acceptors (Lipinski definition) is 5. The molecule has 0 aromatic heterocycles. The van der Waals surface area contributed by atoms with Crippen LogP contribution in [-0.2, 0) is 26.0 Å². The maximum Gasteiger partial charge on any atom is 0.243 e. The van der Waals surface area contributed by atoms with Gasteiger partial charge in [-0.1, -0.05) is 19.1 Å². The number of carbonyl (C=O) groups is 1. The normalized spacial score (nSPS) is 15.7. The smallest absolute Gasteiger partial charge is 0.243 e. The van der Waals surface area contributed by atoms with Gasteiger partial charge in [-0.3, -0.25) is 4.79 Å². The van der Waals surface area contributed by atoms with Crippen molar-refractivity contribution in [3.8, 4) is 0 Å². The highest BCUT2D eigenvalue weighted by Crippen LogP contribution is 2.18. The van der Waals surface area contributed by atoms with Gasteiger partial charge >= 0.3 is 0 Å². The van der Waals surface area contributed by atoms with Gasteiger partial charge in [0.2, 0.25) is 15.9 Å². The minimum absolute atomic E-state index is 0.00770. The summed E-state index contributed by atoms with van der Waals surface area (Å²) >= 11 is 0. The van der Waals surface area contributed by atoms with Crippen molar-refractivity contribution in [2.45, 2.75) is 31.1 Å². The Kier molecular flexibility index (Phi) is 8.50. The van der Waals surface area contributed by atoms with Crippen molar-refractivity contribution in [3.05, 3.63) is 29.8 Å². The topological polar surface area (TPSA) is 87.7 Å². The summed E-state index contributed by atoms with van der Waals surface area (Å²) in [5.74, 6) is 0.00770. The lowest BCUT2D eigenvalue weighted by Crippen LogP contribution is -2.40. The second-order valence-corrected chi connectivity index (χ2v) is 8.20. The first-order valence-electron chi connectivity index (χ1n) is 9.18. The standard InChI is InChI=1S/C18H29N3O4S/c1-2-9-19-10-11-20-18(22)8-5-16-3-6-17(7-4-16)26(23,24)21-12-14-25-15-13-21/h3-4,6-7,19H,2,5,8-15H2,1H3,(H,20,22). The first-order valence-corrected chi connectivity index (χ1v) is 10.6. The van der Waals surface area contributed by atoms with E-state index in [9.17, 15) is 13.2 Å². The van der Waals surface area contributed by atoms with Crippen LogP contribution in [0.25, 0.3) is 0 Å². The summed E-state index contributed by atoms with van der Waals surface area (Å²) in [7, 11) is -3.46. The van der Waals surface area contributed by atoms with Crippen molar-refractivity contribution < 1.29 is 17.9 Å². The lowest BCUT2D eigenvalue weighted by molar-refractivity contribution is -0.121. The van der Waals surface area contributed by atoms with Crippen molar-refractivity contribution in [1.82, 2.24) is 14.9 Å². The minimum atomic E-state index is -3.46. The van der Waals surface area contributed by atoms with E-state index in [4.69, 9.17) is 4.74 Å². The maximum absolute atomic E-state index is 12.6. The van der Waals surface area contributed by atoms with Crippen molar-refractivity contribution >= 4 is 15.9 Å². The third-order valence-electron chi connectivity index (χ3n) is 4.22. The summed E-state index contributed by atoms with van der Waals surface area (Å²) in [5, 5.41) is 6.10. The van der Waals surface area contributed by atoms with Crippen LogP contribution >= 0.6 is 0 Å². The van der Waals surface area contributed by atoms with Gasteiger partial charge in [-0.25, -0.2) is 8.42 Å². The van der Waals surface area contributed by atoms with Gasteiger partial charge in [-0.15, -0.1) is 0 Å². The zero-order chi connectivity index (χ0) is 18.8. The van der Waals surface area contributed by atoms with Crippen LogP contribution in [0.1, 0.15) is 25.3 Å². The van der Waals surface area contributed by atoms with Crippen LogP contribution in [0.4, 0.5) is 0 Å². The molecule has 2 rings (SSSR count). The lowest BCUT2D eigenvalue weighted by atomic mass is 10.1. The second-order valence-electron chi connectivity index (χ2n) is 6.26. The molecule has 1 heterocycles. The number of morpholine rings is 1. The molecule has 1 aromatic rings. The molecule has 0 bridgehead atoms. The van der Waals surface area contributed by atoms with Crippen molar-refractivity contribution in [1.29, 1.82) is 0 Å². The van der Waals surface area contributed by atoms with E-state index in [-0.39, 0.29) is 10.8 Å². The van der Waals surface area contributed by atoms with E-state index in [2.05, 4.69) is 17.6 Å². The monoisotopic (exact) mass is 383 g/mol. The average molecular weight is 384 g/mol. The number of benzene rings is 1. The lowest BCUT2D eigenvalue weighted by Gasteiger charge is -2.26. The minimum Gasteiger partial charge on any atom is -0.379 e. The summed E-state index contributed by atoms with van der Waals surface area (Å²) in [6, 6.07) is 6.80. The molecule has 0 radical (unpaired) electrons. The molecule has 1 aliphatic heterocycles. The Morgan fingerprint density at radius 3 is 2.46 bits per heavy atom. The molecule has 0 spiro atoms. The zero-order valence-corrected chi connectivity index (χ0v) is 16.2. The van der Waals surface area contributed by atoms with Gasteiger partial charge in [-0.05, 0) is 37.1 Å². The zero-order valence-electron chi connectivity index (χ0n) is 15.4. The Hall–Kier alpha value is -1.48. The molecular weight excluding hydrogens is 354 g/mol. The molecule has 1 aliphatic rings. The van der Waals surface area contributed by atoms with E-state index in [1.807, 2.05) is 0 Å². The highest BCUT2D eigenvalue weighted by Gasteiger charge is 2.26. The molecule has 7 nitrogen and oxygen atoms in total. The number of nitrogens with one attached hydrogen (secondary N) is 2. The number of aryl methyl sites for hydroxylation is 1. The summed E-state index contributed by atoms with van der Waals surface area (Å²) in [6.45, 7) is 6.08. The van der Waals surface area contributed by atoms with E-state index in [0.717, 1.165) is 25.1 Å². The van der Waals surface area contributed by atoms with Gasteiger partial charge in [0.1, 0.15) is 0 Å². The number of amides is 1. The molecule has 0 saturated carbocycles. The number of nitrogens with zero attached hydrogens (tertiary/aromatic N) is 1. The van der Waals surface area contributed by atoms with E-state index in [1.54, 1.807) is 24.3 Å². The van der Waals surface area contributed by atoms with E-state index >= 15 is 0 Å². The second kappa shape index (κ2) is 10.6. The number of rotatable bonds is 10. The van der Waals surface area contributed by atoms with Gasteiger partial charge in [0.15, 0.2) is 0 Å². The Morgan fingerprint density at radius 2 is 1.81 bits per heavy atom. The molecule has 1 saturated heterocycles. The molecule has 146 valence electrons. The van der Waals surface area contributed by atoms with Crippen LogP contribution < -0.4 is 10.6 Å². The van der Waals surface area contributed by atoms with E-state index < -0.39 is 10.0 Å². The fourth-order valence-corrected chi connectivity index (χ4v) is 4.11. The average Bonchev–Trinajstić information content (AvgIpc) is 2.67. The number of carbonyl (C=O) groups excluding carboxylic acids is 1. The molecular formula is C18H29N3O4S. The van der Waals surface area contributed by atoms with Crippen molar-refractivity contribution in [2.75, 3.05) is 45.9 Å². The number of sulfonamides is 1. The van der Waals surface area contributed by atoms with Gasteiger partial charge in [-0.2, -0.15) is 4.31 Å².